The molecule has 2 aliphatic rings. The molecule has 2 aliphatic heterocycles. The van der Waals surface area contributed by atoms with Gasteiger partial charge in [0.15, 0.2) is 5.82 Å². The number of rotatable bonds is 5. The number of hydrogen-bond donors (Lipinski definition) is 0. The van der Waals surface area contributed by atoms with E-state index in [1.165, 1.54) is 11.8 Å². The second kappa shape index (κ2) is 15.1. The normalized spacial score (nSPS) is 15.7. The van der Waals surface area contributed by atoms with Crippen molar-refractivity contribution in [3.63, 3.8) is 0 Å². The maximum atomic E-state index is 13.9. The van der Waals surface area contributed by atoms with Gasteiger partial charge in [0, 0.05) is 37.8 Å². The molecule has 2 fully saturated rings. The first-order valence-corrected chi connectivity index (χ1v) is 17.5. The van der Waals surface area contributed by atoms with Crippen LogP contribution in [0, 0.1) is 0 Å². The molecule has 1 aromatic heterocycles. The second-order valence-electron chi connectivity index (χ2n) is 16.8. The van der Waals surface area contributed by atoms with Gasteiger partial charge in [-0.25, -0.2) is 24.2 Å². The van der Waals surface area contributed by atoms with Crippen LogP contribution in [0.2, 0.25) is 0 Å². The molecular formula is C37H54N6O9. The van der Waals surface area contributed by atoms with Crippen molar-refractivity contribution in [1.29, 1.82) is 0 Å². The zero-order valence-corrected chi connectivity index (χ0v) is 32.6. The van der Waals surface area contributed by atoms with Crippen molar-refractivity contribution < 1.29 is 42.9 Å². The van der Waals surface area contributed by atoms with Gasteiger partial charge in [0.1, 0.15) is 28.1 Å². The average Bonchev–Trinajstić information content (AvgIpc) is 2.93. The number of imide groups is 2. The standard InChI is InChI=1S/C37H54N6O9/c1-34(2,3)49-30(44)42(31(45)50-35(4,5)6)28-27(41-18-16-40(17-19-41)26-15-13-14-24(20-26)25-22-48-23-25)21-38-29(39-28)43(32(46)51-36(7,8)9)33(47)52-37(10,11)12/h13-15,20-21,25H,16-19,22-23H2,1-12H3. The maximum Gasteiger partial charge on any atom is 0.427 e. The van der Waals surface area contributed by atoms with Crippen LogP contribution < -0.4 is 19.6 Å². The van der Waals surface area contributed by atoms with Crippen LogP contribution in [0.5, 0.6) is 0 Å². The van der Waals surface area contributed by atoms with Crippen LogP contribution >= 0.6 is 0 Å². The molecule has 15 nitrogen and oxygen atoms in total. The Bertz CT molecular complexity index is 1570. The number of hydrogen-bond acceptors (Lipinski definition) is 13. The highest BCUT2D eigenvalue weighted by Gasteiger charge is 2.40. The predicted molar refractivity (Wildman–Crippen MR) is 196 cm³/mol. The molecule has 52 heavy (non-hydrogen) atoms. The molecule has 0 bridgehead atoms. The summed E-state index contributed by atoms with van der Waals surface area (Å²) in [4.78, 5) is 69.3. The van der Waals surface area contributed by atoms with Gasteiger partial charge >= 0.3 is 24.4 Å². The van der Waals surface area contributed by atoms with Gasteiger partial charge in [0.2, 0.25) is 5.95 Å². The van der Waals surface area contributed by atoms with E-state index in [9.17, 15) is 19.2 Å². The summed E-state index contributed by atoms with van der Waals surface area (Å²) in [6, 6.07) is 8.40. The summed E-state index contributed by atoms with van der Waals surface area (Å²) in [5.41, 5.74) is -1.48. The summed E-state index contributed by atoms with van der Waals surface area (Å²) in [5, 5.41) is 0. The molecule has 0 N–H and O–H groups in total. The number of ether oxygens (including phenoxy) is 5. The lowest BCUT2D eigenvalue weighted by Gasteiger charge is -2.39. The van der Waals surface area contributed by atoms with Crippen LogP contribution in [0.1, 0.15) is 94.6 Å². The van der Waals surface area contributed by atoms with Gasteiger partial charge in [-0.2, -0.15) is 9.88 Å². The summed E-state index contributed by atoms with van der Waals surface area (Å²) in [6.45, 7) is 23.3. The first-order valence-electron chi connectivity index (χ1n) is 17.5. The highest BCUT2D eigenvalue weighted by molar-refractivity contribution is 6.12. The van der Waals surface area contributed by atoms with E-state index in [1.807, 2.05) is 11.0 Å². The first-order chi connectivity index (χ1) is 23.9. The lowest BCUT2D eigenvalue weighted by atomic mass is 9.97. The molecular weight excluding hydrogens is 672 g/mol. The third-order valence-electron chi connectivity index (χ3n) is 7.42. The van der Waals surface area contributed by atoms with Crippen LogP contribution in [-0.2, 0) is 23.7 Å². The molecule has 0 radical (unpaired) electrons. The summed E-state index contributed by atoms with van der Waals surface area (Å²) < 4.78 is 27.8. The van der Waals surface area contributed by atoms with Gasteiger partial charge in [-0.3, -0.25) is 0 Å². The minimum atomic E-state index is -1.12. The summed E-state index contributed by atoms with van der Waals surface area (Å²) in [6.07, 6.45) is -3.04. The Hall–Kier alpha value is -4.66. The molecule has 286 valence electrons. The summed E-state index contributed by atoms with van der Waals surface area (Å²) >= 11 is 0. The van der Waals surface area contributed by atoms with E-state index in [0.29, 0.717) is 55.1 Å². The van der Waals surface area contributed by atoms with Crippen molar-refractivity contribution in [3.05, 3.63) is 36.0 Å². The Morgan fingerprint density at radius 2 is 1.12 bits per heavy atom. The van der Waals surface area contributed by atoms with Crippen molar-refractivity contribution in [2.45, 2.75) is 111 Å². The number of piperazine rings is 1. The number of carbonyl (C=O) groups is 4. The van der Waals surface area contributed by atoms with Crippen molar-refractivity contribution in [2.24, 2.45) is 0 Å². The molecule has 0 saturated carbocycles. The SMILES string of the molecule is CC(C)(C)OC(=O)N(C(=O)OC(C)(C)C)c1ncc(N2CCN(c3cccc(C4COC4)c3)CC2)c(N(C(=O)OC(C)(C)C)C(=O)OC(C)(C)C)n1. The summed E-state index contributed by atoms with van der Waals surface area (Å²) in [7, 11) is 0. The molecule has 4 amide bonds. The van der Waals surface area contributed by atoms with E-state index in [1.54, 1.807) is 83.1 Å². The number of aromatic nitrogens is 2. The number of benzene rings is 1. The van der Waals surface area contributed by atoms with Gasteiger partial charge in [0.25, 0.3) is 0 Å². The number of anilines is 4. The van der Waals surface area contributed by atoms with E-state index in [4.69, 9.17) is 23.7 Å². The predicted octanol–water partition coefficient (Wildman–Crippen LogP) is 7.27. The van der Waals surface area contributed by atoms with Crippen LogP contribution in [-0.4, -0.2) is 96.1 Å². The second-order valence-corrected chi connectivity index (χ2v) is 16.8. The van der Waals surface area contributed by atoms with Gasteiger partial charge in [-0.1, -0.05) is 12.1 Å². The van der Waals surface area contributed by atoms with Gasteiger partial charge in [-0.15, -0.1) is 4.90 Å². The molecule has 3 heterocycles. The third kappa shape index (κ3) is 10.9. The van der Waals surface area contributed by atoms with Crippen LogP contribution in [0.3, 0.4) is 0 Å². The fourth-order valence-electron chi connectivity index (χ4n) is 5.18. The molecule has 1 aromatic carbocycles. The molecule has 15 heteroatoms. The molecule has 0 atom stereocenters. The molecule has 0 spiro atoms. The number of carbonyl (C=O) groups excluding carboxylic acids is 4. The zero-order valence-electron chi connectivity index (χ0n) is 32.6. The Labute approximate surface area is 306 Å². The first kappa shape index (κ1) is 40.1. The Morgan fingerprint density at radius 1 is 0.673 bits per heavy atom. The van der Waals surface area contributed by atoms with E-state index < -0.39 is 52.7 Å². The third-order valence-corrected chi connectivity index (χ3v) is 7.42. The molecule has 0 unspecified atom stereocenters. The molecule has 0 aliphatic carbocycles. The highest BCUT2D eigenvalue weighted by atomic mass is 16.6. The van der Waals surface area contributed by atoms with E-state index in [-0.39, 0.29) is 11.5 Å². The minimum absolute atomic E-state index is 0.258. The monoisotopic (exact) mass is 726 g/mol. The molecule has 2 saturated heterocycles. The fourth-order valence-corrected chi connectivity index (χ4v) is 5.18. The summed E-state index contributed by atoms with van der Waals surface area (Å²) in [5.74, 6) is -0.368. The quantitative estimate of drug-likeness (QED) is 0.284. The van der Waals surface area contributed by atoms with Crippen LogP contribution in [0.15, 0.2) is 30.5 Å². The van der Waals surface area contributed by atoms with Crippen molar-refractivity contribution in [3.8, 4) is 0 Å². The van der Waals surface area contributed by atoms with E-state index in [0.717, 1.165) is 5.69 Å². The number of nitrogens with zero attached hydrogens (tertiary/aromatic N) is 6. The lowest BCUT2D eigenvalue weighted by Crippen LogP contribution is -2.49. The Balaban J connectivity index is 1.81. The Morgan fingerprint density at radius 3 is 1.54 bits per heavy atom. The average molecular weight is 727 g/mol. The molecule has 2 aromatic rings. The van der Waals surface area contributed by atoms with Gasteiger partial charge in [0.05, 0.1) is 19.4 Å². The van der Waals surface area contributed by atoms with Crippen molar-refractivity contribution >= 4 is 47.5 Å². The van der Waals surface area contributed by atoms with Crippen molar-refractivity contribution in [2.75, 3.05) is 59.0 Å². The van der Waals surface area contributed by atoms with E-state index >= 15 is 0 Å². The lowest BCUT2D eigenvalue weighted by molar-refractivity contribution is 0.00843. The Kier molecular flexibility index (Phi) is 11.7. The van der Waals surface area contributed by atoms with Gasteiger partial charge in [-0.05, 0) is 101 Å². The largest absolute Gasteiger partial charge is 0.443 e. The van der Waals surface area contributed by atoms with Crippen LogP contribution in [0.4, 0.5) is 42.3 Å². The maximum absolute atomic E-state index is 13.9. The van der Waals surface area contributed by atoms with E-state index in [2.05, 4.69) is 33.1 Å². The number of amides is 4. The zero-order chi connectivity index (χ0) is 38.8. The fraction of sp³-hybridized carbons (Fsp3) is 0.622. The van der Waals surface area contributed by atoms with Crippen molar-refractivity contribution in [1.82, 2.24) is 9.97 Å². The topological polar surface area (TPSA) is 153 Å². The van der Waals surface area contributed by atoms with Crippen LogP contribution in [0.25, 0.3) is 0 Å². The minimum Gasteiger partial charge on any atom is -0.443 e. The van der Waals surface area contributed by atoms with Gasteiger partial charge < -0.3 is 33.5 Å². The smallest absolute Gasteiger partial charge is 0.427 e. The highest BCUT2D eigenvalue weighted by Crippen LogP contribution is 2.34. The molecule has 4 rings (SSSR count).